The zero-order valence-electron chi connectivity index (χ0n) is 18.2. The van der Waals surface area contributed by atoms with Gasteiger partial charge in [0.2, 0.25) is 0 Å². The summed E-state index contributed by atoms with van der Waals surface area (Å²) < 4.78 is 11.9. The average molecular weight is 434 g/mol. The minimum Gasteiger partial charge on any atom is -0.491 e. The first-order chi connectivity index (χ1) is 15.3. The fraction of sp³-hybridized carbons (Fsp3) is 0.240. The standard InChI is InChI=1S/C25H26N2O5/c1-16(2)31-21-12-20(24(28)27-23-10-9-19(15-26-23)25(29)30)13-22(14-21)32-17(3)11-18-7-5-4-6-8-18/h4-10,12-17H,11H2,1-3H3,(H,29,30)(H,26,27,28)/t17-/m1/s1. The number of carboxylic acids is 1. The number of aromatic carboxylic acids is 1. The summed E-state index contributed by atoms with van der Waals surface area (Å²) in [7, 11) is 0. The van der Waals surface area contributed by atoms with E-state index in [1.54, 1.807) is 18.2 Å². The van der Waals surface area contributed by atoms with E-state index in [4.69, 9.17) is 14.6 Å². The van der Waals surface area contributed by atoms with Gasteiger partial charge < -0.3 is 19.9 Å². The molecule has 0 bridgehead atoms. The number of aromatic nitrogens is 1. The zero-order valence-corrected chi connectivity index (χ0v) is 18.2. The quantitative estimate of drug-likeness (QED) is 0.501. The SMILES string of the molecule is CC(C)Oc1cc(O[C@H](C)Cc2ccccc2)cc(C(=O)Nc2ccc(C(=O)O)cn2)c1. The van der Waals surface area contributed by atoms with Crippen LogP contribution in [-0.4, -0.2) is 34.2 Å². The lowest BCUT2D eigenvalue weighted by Crippen LogP contribution is -2.17. The molecule has 0 aliphatic rings. The number of pyridine rings is 1. The van der Waals surface area contributed by atoms with Crippen molar-refractivity contribution in [2.75, 3.05) is 5.32 Å². The number of hydrogen-bond donors (Lipinski definition) is 2. The molecule has 7 nitrogen and oxygen atoms in total. The van der Waals surface area contributed by atoms with Crippen LogP contribution in [0.1, 0.15) is 47.1 Å². The minimum atomic E-state index is -1.08. The van der Waals surface area contributed by atoms with E-state index < -0.39 is 11.9 Å². The van der Waals surface area contributed by atoms with Crippen molar-refractivity contribution in [3.8, 4) is 11.5 Å². The molecule has 0 spiro atoms. The van der Waals surface area contributed by atoms with E-state index in [-0.39, 0.29) is 23.6 Å². The second-order valence-electron chi connectivity index (χ2n) is 7.67. The van der Waals surface area contributed by atoms with Crippen molar-refractivity contribution in [2.45, 2.75) is 39.4 Å². The zero-order chi connectivity index (χ0) is 23.1. The van der Waals surface area contributed by atoms with Crippen LogP contribution in [0, 0.1) is 0 Å². The Morgan fingerprint density at radius 3 is 2.22 bits per heavy atom. The van der Waals surface area contributed by atoms with Gasteiger partial charge in [0.1, 0.15) is 17.3 Å². The van der Waals surface area contributed by atoms with Gasteiger partial charge in [-0.15, -0.1) is 0 Å². The Hall–Kier alpha value is -3.87. The van der Waals surface area contributed by atoms with E-state index in [0.29, 0.717) is 17.1 Å². The third kappa shape index (κ3) is 6.57. The first-order valence-electron chi connectivity index (χ1n) is 10.3. The molecule has 3 rings (SSSR count). The van der Waals surface area contributed by atoms with Gasteiger partial charge in [-0.1, -0.05) is 30.3 Å². The predicted octanol–water partition coefficient (Wildman–Crippen LogP) is 4.83. The molecule has 166 valence electrons. The molecule has 0 unspecified atom stereocenters. The van der Waals surface area contributed by atoms with Crippen LogP contribution in [0.4, 0.5) is 5.82 Å². The van der Waals surface area contributed by atoms with Crippen LogP contribution >= 0.6 is 0 Å². The summed E-state index contributed by atoms with van der Waals surface area (Å²) in [5, 5.41) is 11.6. The topological polar surface area (TPSA) is 97.8 Å². The van der Waals surface area contributed by atoms with E-state index in [9.17, 15) is 9.59 Å². The van der Waals surface area contributed by atoms with E-state index in [1.165, 1.54) is 18.3 Å². The van der Waals surface area contributed by atoms with Crippen LogP contribution in [0.15, 0.2) is 66.9 Å². The molecule has 1 aromatic heterocycles. The Morgan fingerprint density at radius 1 is 0.938 bits per heavy atom. The van der Waals surface area contributed by atoms with Gasteiger partial charge in [0.05, 0.1) is 17.8 Å². The molecule has 0 radical (unpaired) electrons. The van der Waals surface area contributed by atoms with Crippen molar-refractivity contribution in [2.24, 2.45) is 0 Å². The highest BCUT2D eigenvalue weighted by Gasteiger charge is 2.14. The predicted molar refractivity (Wildman–Crippen MR) is 122 cm³/mol. The monoisotopic (exact) mass is 434 g/mol. The molecule has 1 heterocycles. The maximum atomic E-state index is 12.8. The molecule has 0 aliphatic heterocycles. The van der Waals surface area contributed by atoms with Gasteiger partial charge >= 0.3 is 5.97 Å². The second kappa shape index (κ2) is 10.4. The number of ether oxygens (including phenoxy) is 2. The Morgan fingerprint density at radius 2 is 1.62 bits per heavy atom. The lowest BCUT2D eigenvalue weighted by molar-refractivity contribution is 0.0696. The van der Waals surface area contributed by atoms with Gasteiger partial charge in [-0.25, -0.2) is 9.78 Å². The number of nitrogens with zero attached hydrogens (tertiary/aromatic N) is 1. The van der Waals surface area contributed by atoms with Crippen LogP contribution in [0.25, 0.3) is 0 Å². The molecule has 0 saturated heterocycles. The summed E-state index contributed by atoms with van der Waals surface area (Å²) in [4.78, 5) is 27.8. The number of benzene rings is 2. The molecular weight excluding hydrogens is 408 g/mol. The normalized spacial score (nSPS) is 11.6. The molecule has 0 fully saturated rings. The molecule has 3 aromatic rings. The van der Waals surface area contributed by atoms with E-state index in [1.807, 2.05) is 51.1 Å². The van der Waals surface area contributed by atoms with Gasteiger partial charge in [-0.3, -0.25) is 4.79 Å². The van der Waals surface area contributed by atoms with Crippen LogP contribution < -0.4 is 14.8 Å². The molecule has 0 saturated carbocycles. The number of hydrogen-bond acceptors (Lipinski definition) is 5. The van der Waals surface area contributed by atoms with Crippen LogP contribution in [0.2, 0.25) is 0 Å². The fourth-order valence-electron chi connectivity index (χ4n) is 3.11. The Kier molecular flexibility index (Phi) is 7.44. The summed E-state index contributed by atoms with van der Waals surface area (Å²) >= 11 is 0. The summed E-state index contributed by atoms with van der Waals surface area (Å²) in [6, 6.07) is 17.9. The minimum absolute atomic E-state index is 0.0402. The number of carbonyl (C=O) groups is 2. The molecular formula is C25H26N2O5. The van der Waals surface area contributed by atoms with Gasteiger partial charge in [0, 0.05) is 24.2 Å². The lowest BCUT2D eigenvalue weighted by atomic mass is 10.1. The molecule has 0 aliphatic carbocycles. The summed E-state index contributed by atoms with van der Waals surface area (Å²) in [6.07, 6.45) is 1.72. The Balaban J connectivity index is 1.77. The first-order valence-corrected chi connectivity index (χ1v) is 10.3. The Bertz CT molecular complexity index is 1070. The average Bonchev–Trinajstić information content (AvgIpc) is 2.74. The maximum Gasteiger partial charge on any atom is 0.337 e. The second-order valence-corrected chi connectivity index (χ2v) is 7.67. The Labute approximate surface area is 187 Å². The number of carboxylic acid groups (broad SMARTS) is 1. The van der Waals surface area contributed by atoms with E-state index in [2.05, 4.69) is 10.3 Å². The van der Waals surface area contributed by atoms with Gasteiger partial charge in [0.15, 0.2) is 0 Å². The molecule has 1 amide bonds. The van der Waals surface area contributed by atoms with Crippen LogP contribution in [0.5, 0.6) is 11.5 Å². The van der Waals surface area contributed by atoms with E-state index >= 15 is 0 Å². The number of carbonyl (C=O) groups excluding carboxylic acids is 1. The summed E-state index contributed by atoms with van der Waals surface area (Å²) in [6.45, 7) is 5.77. The van der Waals surface area contributed by atoms with Crippen molar-refractivity contribution in [3.63, 3.8) is 0 Å². The molecule has 2 N–H and O–H groups in total. The van der Waals surface area contributed by atoms with Gasteiger partial charge in [-0.05, 0) is 50.6 Å². The third-order valence-electron chi connectivity index (χ3n) is 4.47. The molecule has 32 heavy (non-hydrogen) atoms. The van der Waals surface area contributed by atoms with E-state index in [0.717, 1.165) is 12.0 Å². The highest BCUT2D eigenvalue weighted by Crippen LogP contribution is 2.26. The summed E-state index contributed by atoms with van der Waals surface area (Å²) in [5.41, 5.74) is 1.54. The lowest BCUT2D eigenvalue weighted by Gasteiger charge is -2.18. The van der Waals surface area contributed by atoms with Gasteiger partial charge in [0.25, 0.3) is 5.91 Å². The van der Waals surface area contributed by atoms with Crippen LogP contribution in [-0.2, 0) is 6.42 Å². The van der Waals surface area contributed by atoms with Crippen molar-refractivity contribution in [1.82, 2.24) is 4.98 Å². The number of rotatable bonds is 9. The fourth-order valence-corrected chi connectivity index (χ4v) is 3.11. The number of anilines is 1. The summed E-state index contributed by atoms with van der Waals surface area (Å²) in [5.74, 6) is -0.208. The molecule has 1 atom stereocenters. The largest absolute Gasteiger partial charge is 0.491 e. The highest BCUT2D eigenvalue weighted by atomic mass is 16.5. The van der Waals surface area contributed by atoms with Crippen molar-refractivity contribution >= 4 is 17.7 Å². The molecule has 7 heteroatoms. The smallest absolute Gasteiger partial charge is 0.337 e. The maximum absolute atomic E-state index is 12.8. The van der Waals surface area contributed by atoms with Crippen molar-refractivity contribution in [1.29, 1.82) is 0 Å². The van der Waals surface area contributed by atoms with Crippen LogP contribution in [0.3, 0.4) is 0 Å². The number of amides is 1. The first kappa shape index (κ1) is 22.8. The van der Waals surface area contributed by atoms with Gasteiger partial charge in [-0.2, -0.15) is 0 Å². The third-order valence-corrected chi connectivity index (χ3v) is 4.47. The number of nitrogens with one attached hydrogen (secondary N) is 1. The molecule has 2 aromatic carbocycles. The highest BCUT2D eigenvalue weighted by molar-refractivity contribution is 6.04. The van der Waals surface area contributed by atoms with Crippen molar-refractivity contribution in [3.05, 3.63) is 83.6 Å². The van der Waals surface area contributed by atoms with Crippen molar-refractivity contribution < 1.29 is 24.2 Å².